The molecule has 0 heterocycles. The first kappa shape index (κ1) is 11.9. The van der Waals surface area contributed by atoms with Crippen LogP contribution in [0.5, 0.6) is 0 Å². The van der Waals surface area contributed by atoms with Gasteiger partial charge in [0.1, 0.15) is 6.29 Å². The molecule has 0 aliphatic rings. The van der Waals surface area contributed by atoms with Gasteiger partial charge in [-0.1, -0.05) is 19.1 Å². The second-order valence-corrected chi connectivity index (χ2v) is 4.25. The zero-order chi connectivity index (χ0) is 11.4. The van der Waals surface area contributed by atoms with E-state index in [0.717, 1.165) is 6.29 Å². The van der Waals surface area contributed by atoms with Crippen LogP contribution in [0.2, 0.25) is 0 Å². The molecule has 0 saturated heterocycles. The molecule has 1 rings (SSSR count). The van der Waals surface area contributed by atoms with Gasteiger partial charge in [0.05, 0.1) is 5.56 Å². The van der Waals surface area contributed by atoms with Crippen molar-refractivity contribution in [2.75, 3.05) is 0 Å². The van der Waals surface area contributed by atoms with E-state index >= 15 is 0 Å². The second-order valence-electron chi connectivity index (χ2n) is 3.40. The van der Waals surface area contributed by atoms with Crippen molar-refractivity contribution in [2.45, 2.75) is 13.3 Å². The quantitative estimate of drug-likeness (QED) is 0.856. The number of halogens is 1. The molecule has 1 N–H and O–H groups in total. The van der Waals surface area contributed by atoms with Crippen LogP contribution >= 0.6 is 15.9 Å². The fourth-order valence-electron chi connectivity index (χ4n) is 1.37. The number of hydrogen-bond donors (Lipinski definition) is 1. The summed E-state index contributed by atoms with van der Waals surface area (Å²) < 4.78 is 0.547. The minimum atomic E-state index is -0.976. The second kappa shape index (κ2) is 5.07. The summed E-state index contributed by atoms with van der Waals surface area (Å²) in [5.41, 5.74) is 0.919. The Hall–Kier alpha value is -1.16. The SMILES string of the molecule is CC(C=O)Cc1cccc(Br)c1C(=O)O. The first-order valence-corrected chi connectivity index (χ1v) is 5.31. The molecule has 0 spiro atoms. The fourth-order valence-corrected chi connectivity index (χ4v) is 1.95. The molecule has 0 amide bonds. The van der Waals surface area contributed by atoms with Gasteiger partial charge in [-0.25, -0.2) is 4.79 Å². The Morgan fingerprint density at radius 2 is 2.27 bits per heavy atom. The molecular formula is C11H11BrO3. The molecule has 0 fully saturated rings. The third-order valence-electron chi connectivity index (χ3n) is 2.09. The predicted molar refractivity (Wildman–Crippen MR) is 60.0 cm³/mol. The van der Waals surface area contributed by atoms with Gasteiger partial charge in [0.15, 0.2) is 0 Å². The highest BCUT2D eigenvalue weighted by Gasteiger charge is 2.15. The normalized spacial score (nSPS) is 12.1. The lowest BCUT2D eigenvalue weighted by atomic mass is 9.98. The van der Waals surface area contributed by atoms with Crippen LogP contribution in [-0.4, -0.2) is 17.4 Å². The van der Waals surface area contributed by atoms with E-state index in [0.29, 0.717) is 16.5 Å². The molecule has 0 saturated carbocycles. The van der Waals surface area contributed by atoms with E-state index in [1.54, 1.807) is 25.1 Å². The molecule has 0 bridgehead atoms. The van der Waals surface area contributed by atoms with Gasteiger partial charge in [0, 0.05) is 10.4 Å². The topological polar surface area (TPSA) is 54.4 Å². The van der Waals surface area contributed by atoms with Gasteiger partial charge in [-0.15, -0.1) is 0 Å². The van der Waals surface area contributed by atoms with Crippen molar-refractivity contribution in [3.8, 4) is 0 Å². The van der Waals surface area contributed by atoms with Gasteiger partial charge >= 0.3 is 5.97 Å². The number of carboxylic acid groups (broad SMARTS) is 1. The molecule has 0 aliphatic heterocycles. The van der Waals surface area contributed by atoms with E-state index in [4.69, 9.17) is 5.11 Å². The van der Waals surface area contributed by atoms with Crippen LogP contribution < -0.4 is 0 Å². The molecule has 0 radical (unpaired) electrons. The highest BCUT2D eigenvalue weighted by molar-refractivity contribution is 9.10. The van der Waals surface area contributed by atoms with E-state index in [-0.39, 0.29) is 11.5 Å². The average molecular weight is 271 g/mol. The summed E-state index contributed by atoms with van der Waals surface area (Å²) in [6.07, 6.45) is 1.27. The summed E-state index contributed by atoms with van der Waals surface area (Å²) in [7, 11) is 0. The van der Waals surface area contributed by atoms with E-state index in [1.165, 1.54) is 0 Å². The summed E-state index contributed by atoms with van der Waals surface area (Å²) in [6, 6.07) is 5.18. The van der Waals surface area contributed by atoms with E-state index in [9.17, 15) is 9.59 Å². The fraction of sp³-hybridized carbons (Fsp3) is 0.273. The van der Waals surface area contributed by atoms with Crippen molar-refractivity contribution in [1.29, 1.82) is 0 Å². The highest BCUT2D eigenvalue weighted by atomic mass is 79.9. The van der Waals surface area contributed by atoms with Gasteiger partial charge in [0.25, 0.3) is 0 Å². The lowest BCUT2D eigenvalue weighted by molar-refractivity contribution is -0.110. The van der Waals surface area contributed by atoms with E-state index in [2.05, 4.69) is 15.9 Å². The lowest BCUT2D eigenvalue weighted by Gasteiger charge is -2.09. The largest absolute Gasteiger partial charge is 0.478 e. The lowest BCUT2D eigenvalue weighted by Crippen LogP contribution is -2.08. The third kappa shape index (κ3) is 2.89. The molecular weight excluding hydrogens is 260 g/mol. The Morgan fingerprint density at radius 3 is 2.80 bits per heavy atom. The molecule has 1 aromatic rings. The molecule has 4 heteroatoms. The zero-order valence-corrected chi connectivity index (χ0v) is 9.82. The van der Waals surface area contributed by atoms with Gasteiger partial charge in [-0.2, -0.15) is 0 Å². The minimum absolute atomic E-state index is 0.169. The van der Waals surface area contributed by atoms with Crippen LogP contribution in [0.1, 0.15) is 22.8 Å². The Labute approximate surface area is 96.2 Å². The monoisotopic (exact) mass is 270 g/mol. The van der Waals surface area contributed by atoms with Gasteiger partial charge in [0.2, 0.25) is 0 Å². The van der Waals surface area contributed by atoms with Crippen molar-refractivity contribution in [3.63, 3.8) is 0 Å². The molecule has 1 aromatic carbocycles. The van der Waals surface area contributed by atoms with E-state index < -0.39 is 5.97 Å². The van der Waals surface area contributed by atoms with Crippen molar-refractivity contribution in [3.05, 3.63) is 33.8 Å². The van der Waals surface area contributed by atoms with Crippen molar-refractivity contribution in [2.24, 2.45) is 5.92 Å². The Morgan fingerprint density at radius 1 is 1.60 bits per heavy atom. The van der Waals surface area contributed by atoms with Crippen LogP contribution in [0, 0.1) is 5.92 Å². The Balaban J connectivity index is 3.11. The van der Waals surface area contributed by atoms with Gasteiger partial charge in [-0.3, -0.25) is 0 Å². The third-order valence-corrected chi connectivity index (χ3v) is 2.75. The van der Waals surface area contributed by atoms with Crippen LogP contribution in [0.3, 0.4) is 0 Å². The number of aldehydes is 1. The summed E-state index contributed by atoms with van der Waals surface area (Å²) in [4.78, 5) is 21.5. The minimum Gasteiger partial charge on any atom is -0.478 e. The van der Waals surface area contributed by atoms with Gasteiger partial charge in [-0.05, 0) is 34.0 Å². The standard InChI is InChI=1S/C11H11BrO3/c1-7(6-13)5-8-3-2-4-9(12)10(8)11(14)15/h2-4,6-7H,5H2,1H3,(H,14,15). The number of rotatable bonds is 4. The maximum Gasteiger partial charge on any atom is 0.337 e. The number of carboxylic acids is 1. The Bertz CT molecular complexity index is 387. The first-order chi connectivity index (χ1) is 7.06. The maximum absolute atomic E-state index is 11.0. The van der Waals surface area contributed by atoms with Crippen molar-refractivity contribution >= 4 is 28.2 Å². The number of carbonyl (C=O) groups is 2. The summed E-state index contributed by atoms with van der Waals surface area (Å²) in [5.74, 6) is -1.15. The van der Waals surface area contributed by atoms with Crippen LogP contribution in [0.15, 0.2) is 22.7 Å². The first-order valence-electron chi connectivity index (χ1n) is 4.52. The number of aromatic carboxylic acids is 1. The molecule has 3 nitrogen and oxygen atoms in total. The van der Waals surface area contributed by atoms with Crippen LogP contribution in [-0.2, 0) is 11.2 Å². The van der Waals surface area contributed by atoms with Crippen LogP contribution in [0.4, 0.5) is 0 Å². The summed E-state index contributed by atoms with van der Waals surface area (Å²) in [5, 5.41) is 9.01. The van der Waals surface area contributed by atoms with Crippen LogP contribution in [0.25, 0.3) is 0 Å². The smallest absolute Gasteiger partial charge is 0.337 e. The molecule has 80 valence electrons. The van der Waals surface area contributed by atoms with Crippen molar-refractivity contribution in [1.82, 2.24) is 0 Å². The maximum atomic E-state index is 11.0. The van der Waals surface area contributed by atoms with Crippen molar-refractivity contribution < 1.29 is 14.7 Å². The molecule has 1 atom stereocenters. The summed E-state index contributed by atoms with van der Waals surface area (Å²) in [6.45, 7) is 1.76. The summed E-state index contributed by atoms with van der Waals surface area (Å²) >= 11 is 3.19. The zero-order valence-electron chi connectivity index (χ0n) is 8.24. The van der Waals surface area contributed by atoms with Gasteiger partial charge < -0.3 is 9.90 Å². The average Bonchev–Trinajstić information content (AvgIpc) is 2.17. The predicted octanol–water partition coefficient (Wildman–Crippen LogP) is 2.52. The molecule has 0 aromatic heterocycles. The highest BCUT2D eigenvalue weighted by Crippen LogP contribution is 2.22. The molecule has 15 heavy (non-hydrogen) atoms. The number of benzene rings is 1. The molecule has 1 unspecified atom stereocenters. The Kier molecular flexibility index (Phi) is 4.03. The molecule has 0 aliphatic carbocycles. The number of carbonyl (C=O) groups excluding carboxylic acids is 1. The number of hydrogen-bond acceptors (Lipinski definition) is 2. The van der Waals surface area contributed by atoms with E-state index in [1.807, 2.05) is 0 Å².